The fourth-order valence-corrected chi connectivity index (χ4v) is 3.52. The van der Waals surface area contributed by atoms with Crippen LogP contribution in [0.5, 0.6) is 0 Å². The van der Waals surface area contributed by atoms with Crippen LogP contribution in [0.2, 0.25) is 0 Å². The van der Waals surface area contributed by atoms with Crippen LogP contribution in [0.15, 0.2) is 48.5 Å². The monoisotopic (exact) mass is 347 g/mol. The van der Waals surface area contributed by atoms with Crippen LogP contribution in [0.4, 0.5) is 5.69 Å². The van der Waals surface area contributed by atoms with Crippen LogP contribution in [0.1, 0.15) is 29.3 Å². The Morgan fingerprint density at radius 1 is 0.962 bits per heavy atom. The SMILES string of the molecule is CCc1c(C)nc2ccccc2c1NCCc1ccc(CN(C)C)cc1. The van der Waals surface area contributed by atoms with Gasteiger partial charge in [-0.05, 0) is 56.6 Å². The molecule has 1 heterocycles. The van der Waals surface area contributed by atoms with Crippen molar-refractivity contribution in [2.24, 2.45) is 0 Å². The fourth-order valence-electron chi connectivity index (χ4n) is 3.52. The van der Waals surface area contributed by atoms with Crippen LogP contribution in [0.25, 0.3) is 10.9 Å². The molecule has 1 aromatic heterocycles. The molecule has 0 saturated heterocycles. The van der Waals surface area contributed by atoms with Crippen molar-refractivity contribution in [3.8, 4) is 0 Å². The molecule has 136 valence electrons. The average Bonchev–Trinajstić information content (AvgIpc) is 2.62. The van der Waals surface area contributed by atoms with Gasteiger partial charge in [-0.1, -0.05) is 49.4 Å². The first-order chi connectivity index (χ1) is 12.6. The third kappa shape index (κ3) is 4.23. The molecular weight excluding hydrogens is 318 g/mol. The molecule has 0 bridgehead atoms. The molecule has 1 N–H and O–H groups in total. The second-order valence-electron chi connectivity index (χ2n) is 7.15. The summed E-state index contributed by atoms with van der Waals surface area (Å²) < 4.78 is 0. The van der Waals surface area contributed by atoms with Crippen LogP contribution in [-0.2, 0) is 19.4 Å². The number of aryl methyl sites for hydroxylation is 1. The van der Waals surface area contributed by atoms with Gasteiger partial charge in [0.25, 0.3) is 0 Å². The van der Waals surface area contributed by atoms with E-state index in [0.717, 1.165) is 37.1 Å². The van der Waals surface area contributed by atoms with Gasteiger partial charge in [0.2, 0.25) is 0 Å². The Morgan fingerprint density at radius 3 is 2.35 bits per heavy atom. The molecule has 0 saturated carbocycles. The maximum absolute atomic E-state index is 4.76. The Balaban J connectivity index is 1.73. The molecule has 3 rings (SSSR count). The lowest BCUT2D eigenvalue weighted by molar-refractivity contribution is 0.402. The van der Waals surface area contributed by atoms with E-state index < -0.39 is 0 Å². The smallest absolute Gasteiger partial charge is 0.0726 e. The molecule has 0 amide bonds. The number of benzene rings is 2. The van der Waals surface area contributed by atoms with Gasteiger partial charge in [-0.25, -0.2) is 0 Å². The lowest BCUT2D eigenvalue weighted by atomic mass is 10.0. The maximum Gasteiger partial charge on any atom is 0.0726 e. The third-order valence-electron chi connectivity index (χ3n) is 4.79. The third-order valence-corrected chi connectivity index (χ3v) is 4.79. The number of anilines is 1. The van der Waals surface area contributed by atoms with Crippen molar-refractivity contribution < 1.29 is 0 Å². The number of rotatable bonds is 7. The normalized spacial score (nSPS) is 11.3. The van der Waals surface area contributed by atoms with Gasteiger partial charge in [0, 0.05) is 29.9 Å². The molecule has 3 nitrogen and oxygen atoms in total. The van der Waals surface area contributed by atoms with Gasteiger partial charge in [0.05, 0.1) is 5.52 Å². The van der Waals surface area contributed by atoms with E-state index in [0.29, 0.717) is 0 Å². The number of hydrogen-bond acceptors (Lipinski definition) is 3. The summed E-state index contributed by atoms with van der Waals surface area (Å²) in [5, 5.41) is 4.91. The minimum atomic E-state index is 0.924. The molecule has 0 aliphatic rings. The lowest BCUT2D eigenvalue weighted by Crippen LogP contribution is -2.11. The summed E-state index contributed by atoms with van der Waals surface area (Å²) in [5.74, 6) is 0. The number of hydrogen-bond donors (Lipinski definition) is 1. The Bertz CT molecular complexity index is 867. The van der Waals surface area contributed by atoms with E-state index in [1.165, 1.54) is 27.8 Å². The van der Waals surface area contributed by atoms with Gasteiger partial charge in [-0.2, -0.15) is 0 Å². The number of pyridine rings is 1. The molecule has 0 spiro atoms. The average molecular weight is 348 g/mol. The van der Waals surface area contributed by atoms with E-state index in [1.807, 2.05) is 0 Å². The molecule has 2 aromatic carbocycles. The van der Waals surface area contributed by atoms with Crippen LogP contribution < -0.4 is 5.32 Å². The van der Waals surface area contributed by atoms with E-state index in [2.05, 4.69) is 86.7 Å². The summed E-state index contributed by atoms with van der Waals surface area (Å²) in [6.45, 7) is 6.22. The molecule has 26 heavy (non-hydrogen) atoms. The Labute approximate surface area is 157 Å². The molecule has 3 aromatic rings. The highest BCUT2D eigenvalue weighted by Crippen LogP contribution is 2.28. The minimum absolute atomic E-state index is 0.924. The highest BCUT2D eigenvalue weighted by atomic mass is 15.0. The van der Waals surface area contributed by atoms with E-state index >= 15 is 0 Å². The Hall–Kier alpha value is -2.39. The number of nitrogens with zero attached hydrogens (tertiary/aromatic N) is 2. The van der Waals surface area contributed by atoms with E-state index in [1.54, 1.807) is 0 Å². The summed E-state index contributed by atoms with van der Waals surface area (Å²) >= 11 is 0. The van der Waals surface area contributed by atoms with Gasteiger partial charge in [-0.3, -0.25) is 4.98 Å². The molecule has 0 aliphatic heterocycles. The molecular formula is C23H29N3. The van der Waals surface area contributed by atoms with E-state index in [9.17, 15) is 0 Å². The highest BCUT2D eigenvalue weighted by Gasteiger charge is 2.10. The van der Waals surface area contributed by atoms with Crippen molar-refractivity contribution in [3.63, 3.8) is 0 Å². The zero-order valence-electron chi connectivity index (χ0n) is 16.3. The molecule has 0 atom stereocenters. The van der Waals surface area contributed by atoms with Crippen molar-refractivity contribution in [3.05, 3.63) is 70.9 Å². The number of nitrogens with one attached hydrogen (secondary N) is 1. The van der Waals surface area contributed by atoms with Crippen molar-refractivity contribution in [2.45, 2.75) is 33.2 Å². The van der Waals surface area contributed by atoms with Crippen LogP contribution in [0.3, 0.4) is 0 Å². The second-order valence-corrected chi connectivity index (χ2v) is 7.15. The van der Waals surface area contributed by atoms with Crippen LogP contribution >= 0.6 is 0 Å². The molecule has 0 radical (unpaired) electrons. The van der Waals surface area contributed by atoms with Crippen molar-refractivity contribution in [1.29, 1.82) is 0 Å². The van der Waals surface area contributed by atoms with Gasteiger partial charge in [-0.15, -0.1) is 0 Å². The van der Waals surface area contributed by atoms with Gasteiger partial charge in [0.15, 0.2) is 0 Å². The summed E-state index contributed by atoms with van der Waals surface area (Å²) in [7, 11) is 4.20. The maximum atomic E-state index is 4.76. The van der Waals surface area contributed by atoms with Crippen LogP contribution in [-0.4, -0.2) is 30.5 Å². The number of para-hydroxylation sites is 1. The lowest BCUT2D eigenvalue weighted by Gasteiger charge is -2.16. The minimum Gasteiger partial charge on any atom is -0.384 e. The zero-order valence-corrected chi connectivity index (χ0v) is 16.3. The van der Waals surface area contributed by atoms with Crippen molar-refractivity contribution >= 4 is 16.6 Å². The van der Waals surface area contributed by atoms with Crippen molar-refractivity contribution in [2.75, 3.05) is 26.0 Å². The molecule has 0 unspecified atom stereocenters. The zero-order chi connectivity index (χ0) is 18.5. The first-order valence-corrected chi connectivity index (χ1v) is 9.43. The predicted molar refractivity (Wildman–Crippen MR) is 112 cm³/mol. The standard InChI is InChI=1S/C23H29N3/c1-5-20-17(2)25-22-9-7-6-8-21(22)23(20)24-15-14-18-10-12-19(13-11-18)16-26(3)4/h6-13H,5,14-16H2,1-4H3,(H,24,25). The molecule has 0 aliphatic carbocycles. The van der Waals surface area contributed by atoms with E-state index in [-0.39, 0.29) is 0 Å². The number of aromatic nitrogens is 1. The van der Waals surface area contributed by atoms with Gasteiger partial charge in [0.1, 0.15) is 0 Å². The van der Waals surface area contributed by atoms with Crippen LogP contribution in [0, 0.1) is 6.92 Å². The topological polar surface area (TPSA) is 28.2 Å². The largest absolute Gasteiger partial charge is 0.384 e. The summed E-state index contributed by atoms with van der Waals surface area (Å²) in [6, 6.07) is 17.4. The van der Waals surface area contributed by atoms with Crippen molar-refractivity contribution in [1.82, 2.24) is 9.88 Å². The second kappa shape index (κ2) is 8.33. The molecule has 3 heteroatoms. The summed E-state index contributed by atoms with van der Waals surface area (Å²) in [5.41, 5.74) is 7.49. The highest BCUT2D eigenvalue weighted by molar-refractivity contribution is 5.93. The first-order valence-electron chi connectivity index (χ1n) is 9.43. The number of fused-ring (bicyclic) bond motifs is 1. The quantitative estimate of drug-likeness (QED) is 0.664. The van der Waals surface area contributed by atoms with Gasteiger partial charge < -0.3 is 10.2 Å². The summed E-state index contributed by atoms with van der Waals surface area (Å²) in [6.07, 6.45) is 2.01. The summed E-state index contributed by atoms with van der Waals surface area (Å²) in [4.78, 5) is 6.96. The van der Waals surface area contributed by atoms with E-state index in [4.69, 9.17) is 4.98 Å². The van der Waals surface area contributed by atoms with Gasteiger partial charge >= 0.3 is 0 Å². The Morgan fingerprint density at radius 2 is 1.65 bits per heavy atom. The molecule has 0 fully saturated rings. The predicted octanol–water partition coefficient (Wildman–Crippen LogP) is 4.82. The fraction of sp³-hybridized carbons (Fsp3) is 0.348. The Kier molecular flexibility index (Phi) is 5.89. The first kappa shape index (κ1) is 18.4.